The van der Waals surface area contributed by atoms with Gasteiger partial charge in [0.05, 0.1) is 0 Å². The molecule has 5 aliphatic rings. The first-order valence-electron chi connectivity index (χ1n) is 13.4. The summed E-state index contributed by atoms with van der Waals surface area (Å²) in [5.41, 5.74) is 3.56. The second kappa shape index (κ2) is 6.38. The Bertz CT molecular complexity index is 737. The maximum Gasteiger partial charge on any atom is 0.00921 e. The Balaban J connectivity index is 1.55. The second-order valence-electron chi connectivity index (χ2n) is 14.5. The highest BCUT2D eigenvalue weighted by atomic mass is 14.7. The third-order valence-corrected chi connectivity index (χ3v) is 13.2. The molecule has 5 fully saturated rings. The molecule has 0 saturated heterocycles. The van der Waals surface area contributed by atoms with Gasteiger partial charge in [0, 0.05) is 5.71 Å². The Labute approximate surface area is 187 Å². The lowest BCUT2D eigenvalue weighted by atomic mass is 9.32. The van der Waals surface area contributed by atoms with Gasteiger partial charge in [-0.1, -0.05) is 48.0 Å². The highest BCUT2D eigenvalue weighted by Gasteiger charge is 2.69. The lowest BCUT2D eigenvalue weighted by molar-refractivity contribution is -0.234. The van der Waals surface area contributed by atoms with Crippen LogP contribution in [0.4, 0.5) is 0 Å². The first kappa shape index (κ1) is 21.5. The quantitative estimate of drug-likeness (QED) is 0.418. The molecule has 1 N–H and O–H groups in total. The average Bonchev–Trinajstić information content (AvgIpc) is 2.99. The molecule has 0 aromatic heterocycles. The van der Waals surface area contributed by atoms with E-state index in [2.05, 4.69) is 48.5 Å². The van der Waals surface area contributed by atoms with Crippen LogP contribution in [0.15, 0.2) is 0 Å². The van der Waals surface area contributed by atoms with E-state index in [1.54, 1.807) is 0 Å². The highest BCUT2D eigenvalue weighted by Crippen LogP contribution is 2.77. The van der Waals surface area contributed by atoms with Crippen LogP contribution in [0.5, 0.6) is 0 Å². The molecular formula is C29H49N. The number of hydrogen-bond acceptors (Lipinski definition) is 1. The number of hydrogen-bond donors (Lipinski definition) is 1. The summed E-state index contributed by atoms with van der Waals surface area (Å²) in [6, 6.07) is 0. The third kappa shape index (κ3) is 2.50. The smallest absolute Gasteiger partial charge is 0.00921 e. The van der Waals surface area contributed by atoms with E-state index in [1.165, 1.54) is 70.6 Å². The predicted molar refractivity (Wildman–Crippen MR) is 128 cm³/mol. The zero-order chi connectivity index (χ0) is 21.7. The van der Waals surface area contributed by atoms with Crippen molar-refractivity contribution in [3.05, 3.63) is 0 Å². The summed E-state index contributed by atoms with van der Waals surface area (Å²) < 4.78 is 0. The van der Waals surface area contributed by atoms with E-state index in [-0.39, 0.29) is 0 Å². The van der Waals surface area contributed by atoms with Gasteiger partial charge in [-0.3, -0.25) is 0 Å². The van der Waals surface area contributed by atoms with Crippen LogP contribution in [0, 0.1) is 62.1 Å². The lowest BCUT2D eigenvalue weighted by Crippen LogP contribution is -2.65. The fraction of sp³-hybridized carbons (Fsp3) is 0.966. The fourth-order valence-corrected chi connectivity index (χ4v) is 11.5. The predicted octanol–water partition coefficient (Wildman–Crippen LogP) is 8.52. The van der Waals surface area contributed by atoms with Crippen molar-refractivity contribution < 1.29 is 0 Å². The van der Waals surface area contributed by atoms with Crippen LogP contribution in [-0.2, 0) is 0 Å². The van der Waals surface area contributed by atoms with E-state index < -0.39 is 0 Å². The van der Waals surface area contributed by atoms with Gasteiger partial charge in [-0.15, -0.1) is 0 Å². The summed E-state index contributed by atoms with van der Waals surface area (Å²) >= 11 is 0. The molecule has 0 aliphatic heterocycles. The van der Waals surface area contributed by atoms with Crippen molar-refractivity contribution in [3.8, 4) is 0 Å². The largest absolute Gasteiger partial charge is 0.310 e. The Hall–Kier alpha value is -0.330. The molecule has 0 amide bonds. The molecule has 1 heteroatoms. The molecular weight excluding hydrogens is 362 g/mol. The molecule has 9 atom stereocenters. The van der Waals surface area contributed by atoms with Crippen molar-refractivity contribution in [3.63, 3.8) is 0 Å². The summed E-state index contributed by atoms with van der Waals surface area (Å²) in [7, 11) is 0. The van der Waals surface area contributed by atoms with Crippen molar-refractivity contribution >= 4 is 5.71 Å². The van der Waals surface area contributed by atoms with Gasteiger partial charge in [-0.05, 0) is 128 Å². The zero-order valence-electron chi connectivity index (χ0n) is 21.2. The van der Waals surface area contributed by atoms with Gasteiger partial charge in [0.2, 0.25) is 0 Å². The van der Waals surface area contributed by atoms with E-state index >= 15 is 0 Å². The average molecular weight is 412 g/mol. The van der Waals surface area contributed by atoms with Gasteiger partial charge in [0.25, 0.3) is 0 Å². The lowest BCUT2D eigenvalue weighted by Gasteiger charge is -2.72. The Morgan fingerprint density at radius 2 is 1.43 bits per heavy atom. The maximum atomic E-state index is 8.60. The van der Waals surface area contributed by atoms with Crippen molar-refractivity contribution in [1.82, 2.24) is 0 Å². The molecule has 0 radical (unpaired) electrons. The van der Waals surface area contributed by atoms with Crippen LogP contribution in [-0.4, -0.2) is 5.71 Å². The minimum atomic E-state index is 0.480. The first-order chi connectivity index (χ1) is 13.9. The Kier molecular flexibility index (Phi) is 4.57. The molecule has 0 spiro atoms. The molecule has 0 aromatic carbocycles. The summed E-state index contributed by atoms with van der Waals surface area (Å²) in [5.74, 6) is 4.03. The molecule has 1 nitrogen and oxygen atoms in total. The molecule has 8 unspecified atom stereocenters. The fourth-order valence-electron chi connectivity index (χ4n) is 11.5. The monoisotopic (exact) mass is 411 g/mol. The van der Waals surface area contributed by atoms with E-state index in [1.807, 2.05) is 0 Å². The minimum absolute atomic E-state index is 0.480. The minimum Gasteiger partial charge on any atom is -0.310 e. The summed E-state index contributed by atoms with van der Waals surface area (Å²) in [5, 5.41) is 8.60. The zero-order valence-corrected chi connectivity index (χ0v) is 21.2. The SMILES string of the molecule is CC(=N)C1CCC2(C)CC[C@]3(C)C(CCC4C5(C)CCCC(C)(C)C5CCC43C)C12. The van der Waals surface area contributed by atoms with Crippen LogP contribution in [0.25, 0.3) is 0 Å². The van der Waals surface area contributed by atoms with Crippen molar-refractivity contribution in [2.45, 2.75) is 119 Å². The van der Waals surface area contributed by atoms with Gasteiger partial charge in [-0.25, -0.2) is 0 Å². The van der Waals surface area contributed by atoms with Crippen LogP contribution < -0.4 is 0 Å². The van der Waals surface area contributed by atoms with Crippen LogP contribution in [0.3, 0.4) is 0 Å². The number of rotatable bonds is 1. The van der Waals surface area contributed by atoms with Crippen molar-refractivity contribution in [2.24, 2.45) is 56.7 Å². The molecule has 0 heterocycles. The van der Waals surface area contributed by atoms with E-state index in [0.717, 1.165) is 29.4 Å². The van der Waals surface area contributed by atoms with Gasteiger partial charge >= 0.3 is 0 Å². The van der Waals surface area contributed by atoms with Crippen molar-refractivity contribution in [1.29, 1.82) is 5.41 Å². The van der Waals surface area contributed by atoms with Crippen LogP contribution >= 0.6 is 0 Å². The second-order valence-corrected chi connectivity index (χ2v) is 14.5. The van der Waals surface area contributed by atoms with Gasteiger partial charge in [-0.2, -0.15) is 0 Å². The third-order valence-electron chi connectivity index (χ3n) is 13.2. The van der Waals surface area contributed by atoms with E-state index in [9.17, 15) is 0 Å². The maximum absolute atomic E-state index is 8.60. The summed E-state index contributed by atoms with van der Waals surface area (Å²) in [6.45, 7) is 18.1. The summed E-state index contributed by atoms with van der Waals surface area (Å²) in [6.07, 6.45) is 15.7. The molecule has 170 valence electrons. The van der Waals surface area contributed by atoms with Gasteiger partial charge in [0.1, 0.15) is 0 Å². The van der Waals surface area contributed by atoms with Crippen LogP contribution in [0.1, 0.15) is 119 Å². The van der Waals surface area contributed by atoms with E-state index in [0.29, 0.717) is 33.0 Å². The molecule has 0 aromatic rings. The number of fused-ring (bicyclic) bond motifs is 7. The summed E-state index contributed by atoms with van der Waals surface area (Å²) in [4.78, 5) is 0. The first-order valence-corrected chi connectivity index (χ1v) is 13.4. The van der Waals surface area contributed by atoms with Crippen molar-refractivity contribution in [2.75, 3.05) is 0 Å². The Morgan fingerprint density at radius 3 is 2.13 bits per heavy atom. The van der Waals surface area contributed by atoms with Gasteiger partial charge in [0.15, 0.2) is 0 Å². The molecule has 30 heavy (non-hydrogen) atoms. The molecule has 5 saturated carbocycles. The molecule has 5 rings (SSSR count). The number of nitrogens with one attached hydrogen (secondary N) is 1. The van der Waals surface area contributed by atoms with Crippen LogP contribution in [0.2, 0.25) is 0 Å². The Morgan fingerprint density at radius 1 is 0.700 bits per heavy atom. The molecule has 0 bridgehead atoms. The highest BCUT2D eigenvalue weighted by molar-refractivity contribution is 5.82. The standard InChI is InChI=1S/C29H49N/c1-19(30)20-11-15-26(4)17-18-28(6)21(24(20)26)9-10-23-27(5)14-8-13-25(2,3)22(27)12-16-29(23,28)7/h20-24,30H,8-18H2,1-7H3/t20?,21?,22?,23?,24?,26?,27?,28-,29?/m1/s1. The molecule has 5 aliphatic carbocycles. The van der Waals surface area contributed by atoms with Gasteiger partial charge < -0.3 is 5.41 Å². The normalized spacial score (nSPS) is 57.0. The topological polar surface area (TPSA) is 23.9 Å². The van der Waals surface area contributed by atoms with E-state index in [4.69, 9.17) is 5.41 Å².